The molecule has 0 aromatic heterocycles. The van der Waals surface area contributed by atoms with Gasteiger partial charge in [0.05, 0.1) is 18.2 Å². The molecule has 0 aliphatic carbocycles. The molecule has 3 N–H and O–H groups in total. The molecule has 1 heterocycles. The largest absolute Gasteiger partial charge is 0.392 e. The van der Waals surface area contributed by atoms with E-state index in [0.717, 1.165) is 5.56 Å². The quantitative estimate of drug-likeness (QED) is 0.717. The highest BCUT2D eigenvalue weighted by atomic mass is 16.3. The van der Waals surface area contributed by atoms with Gasteiger partial charge in [-0.2, -0.15) is 0 Å². The molecule has 1 aliphatic heterocycles. The van der Waals surface area contributed by atoms with Gasteiger partial charge in [-0.3, -0.25) is 4.79 Å². The van der Waals surface area contributed by atoms with Crippen LogP contribution in [0.25, 0.3) is 0 Å². The second-order valence-corrected chi connectivity index (χ2v) is 4.49. The van der Waals surface area contributed by atoms with Gasteiger partial charge in [-0.25, -0.2) is 0 Å². The Balaban J connectivity index is 1.91. The first-order valence-corrected chi connectivity index (χ1v) is 5.93. The first-order chi connectivity index (χ1) is 8.16. The summed E-state index contributed by atoms with van der Waals surface area (Å²) in [6.45, 7) is 2.45. The van der Waals surface area contributed by atoms with Gasteiger partial charge in [0, 0.05) is 6.54 Å². The number of aliphatic hydroxyl groups is 1. The fraction of sp³-hybridized carbons (Fsp3) is 0.462. The van der Waals surface area contributed by atoms with E-state index in [1.807, 2.05) is 37.3 Å². The minimum atomic E-state index is -0.405. The second-order valence-electron chi connectivity index (χ2n) is 4.49. The molecule has 0 spiro atoms. The Morgan fingerprint density at radius 3 is 2.76 bits per heavy atom. The number of carbonyl (C=O) groups is 1. The maximum absolute atomic E-state index is 11.9. The molecule has 4 nitrogen and oxygen atoms in total. The van der Waals surface area contributed by atoms with E-state index in [-0.39, 0.29) is 18.0 Å². The average molecular weight is 234 g/mol. The van der Waals surface area contributed by atoms with Crippen molar-refractivity contribution in [2.24, 2.45) is 0 Å². The van der Waals surface area contributed by atoms with Crippen molar-refractivity contribution in [2.45, 2.75) is 31.5 Å². The zero-order valence-corrected chi connectivity index (χ0v) is 9.89. The fourth-order valence-electron chi connectivity index (χ4n) is 2.06. The van der Waals surface area contributed by atoms with E-state index in [1.165, 1.54) is 0 Å². The van der Waals surface area contributed by atoms with Gasteiger partial charge in [0.25, 0.3) is 0 Å². The lowest BCUT2D eigenvalue weighted by Gasteiger charge is -2.17. The third-order valence-corrected chi connectivity index (χ3v) is 3.08. The van der Waals surface area contributed by atoms with Crippen molar-refractivity contribution in [3.05, 3.63) is 35.9 Å². The van der Waals surface area contributed by atoms with Crippen LogP contribution in [0.5, 0.6) is 0 Å². The van der Waals surface area contributed by atoms with Crippen molar-refractivity contribution in [1.29, 1.82) is 0 Å². The molecule has 1 aromatic rings. The number of benzene rings is 1. The summed E-state index contributed by atoms with van der Waals surface area (Å²) in [6, 6.07) is 9.56. The Labute approximate surface area is 101 Å². The van der Waals surface area contributed by atoms with E-state index in [0.29, 0.717) is 13.0 Å². The van der Waals surface area contributed by atoms with Gasteiger partial charge in [0.2, 0.25) is 5.91 Å². The monoisotopic (exact) mass is 234 g/mol. The average Bonchev–Trinajstić information content (AvgIpc) is 2.77. The second kappa shape index (κ2) is 5.29. The van der Waals surface area contributed by atoms with Crippen LogP contribution in [0.2, 0.25) is 0 Å². The summed E-state index contributed by atoms with van der Waals surface area (Å²) in [5, 5.41) is 15.3. The number of hydrogen-bond acceptors (Lipinski definition) is 3. The molecule has 1 aliphatic rings. The molecule has 1 aromatic carbocycles. The zero-order valence-electron chi connectivity index (χ0n) is 9.89. The highest BCUT2D eigenvalue weighted by Gasteiger charge is 2.28. The molecule has 1 fully saturated rings. The van der Waals surface area contributed by atoms with Gasteiger partial charge in [0.1, 0.15) is 0 Å². The van der Waals surface area contributed by atoms with E-state index < -0.39 is 6.10 Å². The number of hydrogen-bond donors (Lipinski definition) is 3. The van der Waals surface area contributed by atoms with E-state index in [1.54, 1.807) is 0 Å². The van der Waals surface area contributed by atoms with Crippen molar-refractivity contribution >= 4 is 5.91 Å². The molecular weight excluding hydrogens is 216 g/mol. The summed E-state index contributed by atoms with van der Waals surface area (Å²) < 4.78 is 0. The van der Waals surface area contributed by atoms with Crippen molar-refractivity contribution in [3.63, 3.8) is 0 Å². The van der Waals surface area contributed by atoms with Crippen molar-refractivity contribution in [3.8, 4) is 0 Å². The van der Waals surface area contributed by atoms with Crippen LogP contribution in [0.1, 0.15) is 24.9 Å². The number of β-amino-alcohol motifs (C(OH)–C–C–N with tert-alkyl or cyclic N) is 1. The highest BCUT2D eigenvalue weighted by Crippen LogP contribution is 2.13. The van der Waals surface area contributed by atoms with Crippen LogP contribution >= 0.6 is 0 Å². The van der Waals surface area contributed by atoms with Crippen LogP contribution in [0.3, 0.4) is 0 Å². The lowest BCUT2D eigenvalue weighted by atomic mass is 10.1. The highest BCUT2D eigenvalue weighted by molar-refractivity contribution is 5.82. The van der Waals surface area contributed by atoms with Crippen LogP contribution in [0.4, 0.5) is 0 Å². The fourth-order valence-corrected chi connectivity index (χ4v) is 2.06. The standard InChI is InChI=1S/C13H18N2O2/c1-9(10-5-3-2-4-6-10)15-13(17)12-7-11(16)8-14-12/h2-6,9,11-12,14,16H,7-8H2,1H3,(H,15,17)/t9-,11+,12-/m0/s1. The molecule has 0 bridgehead atoms. The van der Waals surface area contributed by atoms with E-state index >= 15 is 0 Å². The predicted octanol–water partition coefficient (Wildman–Crippen LogP) is 0.587. The number of rotatable bonds is 3. The van der Waals surface area contributed by atoms with E-state index in [2.05, 4.69) is 10.6 Å². The molecule has 3 atom stereocenters. The van der Waals surface area contributed by atoms with Gasteiger partial charge in [-0.1, -0.05) is 30.3 Å². The predicted molar refractivity (Wildman–Crippen MR) is 65.4 cm³/mol. The molecule has 0 unspecified atom stereocenters. The van der Waals surface area contributed by atoms with Gasteiger partial charge < -0.3 is 15.7 Å². The Morgan fingerprint density at radius 1 is 1.47 bits per heavy atom. The lowest BCUT2D eigenvalue weighted by Crippen LogP contribution is -2.41. The molecule has 1 saturated heterocycles. The van der Waals surface area contributed by atoms with E-state index in [4.69, 9.17) is 0 Å². The summed E-state index contributed by atoms with van der Waals surface area (Å²) in [4.78, 5) is 11.9. The van der Waals surface area contributed by atoms with Crippen LogP contribution in [0, 0.1) is 0 Å². The maximum Gasteiger partial charge on any atom is 0.237 e. The number of aliphatic hydroxyl groups excluding tert-OH is 1. The van der Waals surface area contributed by atoms with Crippen LogP contribution in [0.15, 0.2) is 30.3 Å². The van der Waals surface area contributed by atoms with Crippen molar-refractivity contribution in [2.75, 3.05) is 6.54 Å². The topological polar surface area (TPSA) is 61.4 Å². The summed E-state index contributed by atoms with van der Waals surface area (Å²) in [5.41, 5.74) is 1.08. The summed E-state index contributed by atoms with van der Waals surface area (Å²) in [5.74, 6) is -0.0436. The number of amides is 1. The molecule has 4 heteroatoms. The molecule has 0 radical (unpaired) electrons. The van der Waals surface area contributed by atoms with Crippen molar-refractivity contribution < 1.29 is 9.90 Å². The van der Waals surface area contributed by atoms with Gasteiger partial charge in [-0.05, 0) is 18.9 Å². The smallest absolute Gasteiger partial charge is 0.237 e. The summed E-state index contributed by atoms with van der Waals surface area (Å²) in [6.07, 6.45) is 0.0886. The molecule has 1 amide bonds. The maximum atomic E-state index is 11.9. The first kappa shape index (κ1) is 12.1. The van der Waals surface area contributed by atoms with Gasteiger partial charge in [0.15, 0.2) is 0 Å². The van der Waals surface area contributed by atoms with Crippen molar-refractivity contribution in [1.82, 2.24) is 10.6 Å². The Morgan fingerprint density at radius 2 is 2.18 bits per heavy atom. The molecule has 2 rings (SSSR count). The number of nitrogens with one attached hydrogen (secondary N) is 2. The Bertz CT molecular complexity index is 380. The SMILES string of the molecule is C[C@H](NC(=O)[C@@H]1C[C@@H](O)CN1)c1ccccc1. The molecule has 0 saturated carbocycles. The third-order valence-electron chi connectivity index (χ3n) is 3.08. The summed E-state index contributed by atoms with van der Waals surface area (Å²) >= 11 is 0. The summed E-state index contributed by atoms with van der Waals surface area (Å²) in [7, 11) is 0. The normalized spacial score (nSPS) is 25.5. The van der Waals surface area contributed by atoms with Crippen LogP contribution < -0.4 is 10.6 Å². The lowest BCUT2D eigenvalue weighted by molar-refractivity contribution is -0.123. The molecular formula is C13H18N2O2. The minimum Gasteiger partial charge on any atom is -0.392 e. The Kier molecular flexibility index (Phi) is 3.76. The van der Waals surface area contributed by atoms with Gasteiger partial charge >= 0.3 is 0 Å². The van der Waals surface area contributed by atoms with Gasteiger partial charge in [-0.15, -0.1) is 0 Å². The number of carbonyl (C=O) groups excluding carboxylic acids is 1. The molecule has 17 heavy (non-hydrogen) atoms. The third kappa shape index (κ3) is 3.05. The minimum absolute atomic E-state index is 0.0109. The van der Waals surface area contributed by atoms with Crippen LogP contribution in [-0.2, 0) is 4.79 Å². The first-order valence-electron chi connectivity index (χ1n) is 5.93. The van der Waals surface area contributed by atoms with E-state index in [9.17, 15) is 9.90 Å². The molecule has 92 valence electrons. The Hall–Kier alpha value is -1.39. The zero-order chi connectivity index (χ0) is 12.3. The van der Waals surface area contributed by atoms with Crippen LogP contribution in [-0.4, -0.2) is 29.7 Å².